The molecule has 0 aliphatic heterocycles. The number of likely N-dealkylation sites (N-methyl/N-ethyl adjacent to an activating group) is 2. The van der Waals surface area contributed by atoms with Crippen molar-refractivity contribution in [2.75, 3.05) is 30.8 Å². The summed E-state index contributed by atoms with van der Waals surface area (Å²) in [4.78, 5) is 42.3. The minimum absolute atomic E-state index is 0.0464. The molecule has 1 heterocycles. The van der Waals surface area contributed by atoms with E-state index in [4.69, 9.17) is 17.3 Å². The number of carbonyl (C=O) groups is 1. The van der Waals surface area contributed by atoms with E-state index in [2.05, 4.69) is 4.98 Å². The Hall–Kier alpha value is -3.43. The molecule has 1 atom stereocenters. The van der Waals surface area contributed by atoms with Gasteiger partial charge in [-0.05, 0) is 24.6 Å². The van der Waals surface area contributed by atoms with Crippen LogP contribution < -0.4 is 26.8 Å². The Labute approximate surface area is 195 Å². The number of nitrogens with two attached hydrogens (primary N) is 1. The minimum Gasteiger partial charge on any atom is -0.383 e. The van der Waals surface area contributed by atoms with Crippen molar-refractivity contribution in [3.63, 3.8) is 0 Å². The van der Waals surface area contributed by atoms with Gasteiger partial charge in [0.25, 0.3) is 11.5 Å². The molecular formula is C23H26ClFN5O3+. The second kappa shape index (κ2) is 10.5. The third-order valence-corrected chi connectivity index (χ3v) is 5.63. The number of carbonyl (C=O) groups excluding carboxylic acids is 1. The monoisotopic (exact) mass is 474 g/mol. The number of halogens is 2. The van der Waals surface area contributed by atoms with Crippen LogP contribution in [-0.4, -0.2) is 35.6 Å². The second-order valence-corrected chi connectivity index (χ2v) is 8.12. The lowest BCUT2D eigenvalue weighted by Crippen LogP contribution is -3.09. The maximum atomic E-state index is 14.1. The van der Waals surface area contributed by atoms with E-state index in [1.165, 1.54) is 21.6 Å². The Morgan fingerprint density at radius 2 is 1.88 bits per heavy atom. The average Bonchev–Trinajstić information content (AvgIpc) is 2.77. The highest BCUT2D eigenvalue weighted by molar-refractivity contribution is 6.31. The summed E-state index contributed by atoms with van der Waals surface area (Å²) in [6, 6.07) is 13.6. The van der Waals surface area contributed by atoms with Crippen LogP contribution in [0, 0.1) is 5.82 Å². The van der Waals surface area contributed by atoms with Crippen LogP contribution >= 0.6 is 11.6 Å². The molecule has 3 aromatic rings. The first-order valence-corrected chi connectivity index (χ1v) is 10.8. The zero-order valence-electron chi connectivity index (χ0n) is 18.4. The quantitative estimate of drug-likeness (QED) is 0.453. The average molecular weight is 475 g/mol. The normalized spacial score (nSPS) is 11.9. The Morgan fingerprint density at radius 3 is 2.52 bits per heavy atom. The number of quaternary nitrogens is 1. The van der Waals surface area contributed by atoms with Gasteiger partial charge in [0.1, 0.15) is 18.2 Å². The van der Waals surface area contributed by atoms with E-state index in [1.807, 2.05) is 30.3 Å². The van der Waals surface area contributed by atoms with Crippen LogP contribution in [0.1, 0.15) is 18.1 Å². The molecule has 8 nitrogen and oxygen atoms in total. The fourth-order valence-corrected chi connectivity index (χ4v) is 3.87. The lowest BCUT2D eigenvalue weighted by molar-refractivity contribution is -0.885. The van der Waals surface area contributed by atoms with E-state index in [1.54, 1.807) is 20.0 Å². The molecule has 0 fully saturated rings. The number of nitrogens with zero attached hydrogens (tertiary/aromatic N) is 2. The number of benzene rings is 2. The Bertz CT molecular complexity index is 1240. The highest BCUT2D eigenvalue weighted by Crippen LogP contribution is 2.19. The lowest BCUT2D eigenvalue weighted by atomic mass is 10.2. The first-order chi connectivity index (χ1) is 15.7. The number of anilines is 2. The maximum absolute atomic E-state index is 14.1. The predicted octanol–water partition coefficient (Wildman–Crippen LogP) is 1.03. The van der Waals surface area contributed by atoms with Crippen molar-refractivity contribution in [2.45, 2.75) is 20.0 Å². The summed E-state index contributed by atoms with van der Waals surface area (Å²) < 4.78 is 15.3. The minimum atomic E-state index is -0.744. The SMILES string of the molecule is CCN(C(=O)C[NH+](C)Cc1c(F)cccc1Cl)c1c(N)n(Cc2ccccc2)c(=O)[nH]c1=O. The summed E-state index contributed by atoms with van der Waals surface area (Å²) in [5.41, 5.74) is 5.84. The Kier molecular flexibility index (Phi) is 7.67. The second-order valence-electron chi connectivity index (χ2n) is 7.71. The van der Waals surface area contributed by atoms with E-state index in [0.717, 1.165) is 5.56 Å². The molecule has 0 aliphatic rings. The number of hydrogen-bond acceptors (Lipinski definition) is 4. The van der Waals surface area contributed by atoms with Crippen molar-refractivity contribution < 1.29 is 14.1 Å². The number of aromatic amines is 1. The van der Waals surface area contributed by atoms with Crippen molar-refractivity contribution in [3.8, 4) is 0 Å². The Balaban J connectivity index is 1.87. The van der Waals surface area contributed by atoms with Gasteiger partial charge < -0.3 is 10.6 Å². The summed E-state index contributed by atoms with van der Waals surface area (Å²) in [5.74, 6) is -0.947. The summed E-state index contributed by atoms with van der Waals surface area (Å²) in [6.07, 6.45) is 0. The topological polar surface area (TPSA) is 106 Å². The number of nitrogen functional groups attached to an aromatic ring is 1. The van der Waals surface area contributed by atoms with Crippen LogP contribution in [0.5, 0.6) is 0 Å². The van der Waals surface area contributed by atoms with Gasteiger partial charge in [0, 0.05) is 6.54 Å². The zero-order valence-corrected chi connectivity index (χ0v) is 19.2. The molecule has 0 radical (unpaired) electrons. The van der Waals surface area contributed by atoms with Gasteiger partial charge in [-0.25, -0.2) is 9.18 Å². The number of hydrogen-bond donors (Lipinski definition) is 3. The molecule has 174 valence electrons. The molecule has 0 spiro atoms. The Morgan fingerprint density at radius 1 is 1.18 bits per heavy atom. The van der Waals surface area contributed by atoms with E-state index in [9.17, 15) is 18.8 Å². The van der Waals surface area contributed by atoms with E-state index < -0.39 is 23.0 Å². The third-order valence-electron chi connectivity index (χ3n) is 5.28. The highest BCUT2D eigenvalue weighted by Gasteiger charge is 2.26. The number of rotatable bonds is 8. The number of H-pyrrole nitrogens is 1. The molecule has 0 aliphatic carbocycles. The molecule has 0 bridgehead atoms. The van der Waals surface area contributed by atoms with Crippen molar-refractivity contribution in [1.82, 2.24) is 9.55 Å². The van der Waals surface area contributed by atoms with Crippen LogP contribution in [0.4, 0.5) is 15.9 Å². The molecule has 4 N–H and O–H groups in total. The van der Waals surface area contributed by atoms with Crippen molar-refractivity contribution in [2.24, 2.45) is 0 Å². The third kappa shape index (κ3) is 5.50. The van der Waals surface area contributed by atoms with Gasteiger partial charge >= 0.3 is 5.69 Å². The van der Waals surface area contributed by atoms with Gasteiger partial charge in [-0.3, -0.25) is 24.0 Å². The van der Waals surface area contributed by atoms with Crippen LogP contribution in [0.3, 0.4) is 0 Å². The fourth-order valence-electron chi connectivity index (χ4n) is 3.64. The molecule has 0 saturated heterocycles. The molecule has 10 heteroatoms. The summed E-state index contributed by atoms with van der Waals surface area (Å²) in [7, 11) is 1.72. The van der Waals surface area contributed by atoms with Gasteiger partial charge in [0.05, 0.1) is 24.2 Å². The number of aromatic nitrogens is 2. The maximum Gasteiger partial charge on any atom is 0.330 e. The molecule has 1 unspecified atom stereocenters. The van der Waals surface area contributed by atoms with Crippen LogP contribution in [0.2, 0.25) is 5.02 Å². The van der Waals surface area contributed by atoms with Crippen LogP contribution in [0.15, 0.2) is 58.1 Å². The molecule has 2 aromatic carbocycles. The largest absolute Gasteiger partial charge is 0.383 e. The first kappa shape index (κ1) is 24.2. The molecule has 1 amide bonds. The molecule has 0 saturated carbocycles. The summed E-state index contributed by atoms with van der Waals surface area (Å²) in [5, 5.41) is 0.280. The summed E-state index contributed by atoms with van der Waals surface area (Å²) >= 11 is 6.09. The first-order valence-electron chi connectivity index (χ1n) is 10.4. The van der Waals surface area contributed by atoms with Crippen molar-refractivity contribution >= 4 is 29.0 Å². The molecule has 1 aromatic heterocycles. The van der Waals surface area contributed by atoms with E-state index >= 15 is 0 Å². The van der Waals surface area contributed by atoms with Crippen molar-refractivity contribution in [3.05, 3.63) is 91.3 Å². The fraction of sp³-hybridized carbons (Fsp3) is 0.261. The van der Waals surface area contributed by atoms with Gasteiger partial charge in [0.15, 0.2) is 12.2 Å². The highest BCUT2D eigenvalue weighted by atomic mass is 35.5. The molecule has 3 rings (SSSR count). The van der Waals surface area contributed by atoms with E-state index in [-0.39, 0.29) is 42.7 Å². The van der Waals surface area contributed by atoms with Crippen molar-refractivity contribution in [1.29, 1.82) is 0 Å². The van der Waals surface area contributed by atoms with Gasteiger partial charge in [0.2, 0.25) is 0 Å². The van der Waals surface area contributed by atoms with Crippen LogP contribution in [-0.2, 0) is 17.9 Å². The predicted molar refractivity (Wildman–Crippen MR) is 126 cm³/mol. The molecule has 33 heavy (non-hydrogen) atoms. The van der Waals surface area contributed by atoms with E-state index in [0.29, 0.717) is 10.5 Å². The summed E-state index contributed by atoms with van der Waals surface area (Å²) in [6.45, 7) is 2.12. The zero-order chi connectivity index (χ0) is 24.1. The van der Waals surface area contributed by atoms with Crippen LogP contribution in [0.25, 0.3) is 0 Å². The smallest absolute Gasteiger partial charge is 0.330 e. The molecular weight excluding hydrogens is 449 g/mol. The van der Waals surface area contributed by atoms with Gasteiger partial charge in [-0.1, -0.05) is 48.0 Å². The lowest BCUT2D eigenvalue weighted by Gasteiger charge is -2.24. The van der Waals surface area contributed by atoms with Gasteiger partial charge in [-0.2, -0.15) is 0 Å². The number of nitrogens with one attached hydrogen (secondary N) is 2. The number of amides is 1. The van der Waals surface area contributed by atoms with Gasteiger partial charge in [-0.15, -0.1) is 0 Å². The standard InChI is InChI=1S/C23H25ClFN5O3/c1-3-29(19(31)14-28(2)13-16-17(24)10-7-11-18(16)25)20-21(26)30(23(33)27-22(20)32)12-15-8-5-4-6-9-15/h4-11H,3,12-14,26H2,1-2H3,(H,27,32,33)/p+1.